The number of ether oxygens (including phenoxy) is 3. The summed E-state index contributed by atoms with van der Waals surface area (Å²) in [7, 11) is 0. The molecule has 0 aromatic rings. The predicted octanol–water partition coefficient (Wildman–Crippen LogP) is 0.470. The smallest absolute Gasteiger partial charge is 0.0701 e. The SMILES string of the molecule is CC(C)(N)CNCCCOCCOCCOCCCNCC(C)(C)N. The van der Waals surface area contributed by atoms with Crippen LogP contribution in [-0.2, 0) is 14.2 Å². The van der Waals surface area contributed by atoms with Crippen molar-refractivity contribution in [2.75, 3.05) is 65.8 Å². The highest BCUT2D eigenvalue weighted by Crippen LogP contribution is 1.93. The number of nitrogens with one attached hydrogen (secondary N) is 2. The van der Waals surface area contributed by atoms with Crippen molar-refractivity contribution in [2.45, 2.75) is 51.6 Å². The lowest BCUT2D eigenvalue weighted by Crippen LogP contribution is -2.43. The summed E-state index contributed by atoms with van der Waals surface area (Å²) < 4.78 is 16.5. The van der Waals surface area contributed by atoms with Crippen LogP contribution < -0.4 is 22.1 Å². The highest BCUT2D eigenvalue weighted by Gasteiger charge is 2.09. The van der Waals surface area contributed by atoms with Crippen molar-refractivity contribution in [1.29, 1.82) is 0 Å². The van der Waals surface area contributed by atoms with Crippen LogP contribution in [-0.4, -0.2) is 76.9 Å². The first-order chi connectivity index (χ1) is 11.7. The van der Waals surface area contributed by atoms with E-state index in [2.05, 4.69) is 10.6 Å². The van der Waals surface area contributed by atoms with E-state index in [0.29, 0.717) is 26.4 Å². The van der Waals surface area contributed by atoms with E-state index < -0.39 is 0 Å². The second-order valence-corrected chi connectivity index (χ2v) is 7.87. The molecule has 0 aromatic carbocycles. The van der Waals surface area contributed by atoms with E-state index in [4.69, 9.17) is 25.7 Å². The van der Waals surface area contributed by atoms with Gasteiger partial charge in [0.1, 0.15) is 0 Å². The van der Waals surface area contributed by atoms with Crippen LogP contribution >= 0.6 is 0 Å². The van der Waals surface area contributed by atoms with Crippen LogP contribution in [0.15, 0.2) is 0 Å². The standard InChI is InChI=1S/C18H42N4O3/c1-17(2,19)15-21-7-5-9-23-11-13-25-14-12-24-10-6-8-22-16-18(3,4)20/h21-22H,5-16,19-20H2,1-4H3. The molecule has 7 nitrogen and oxygen atoms in total. The molecule has 0 saturated heterocycles. The summed E-state index contributed by atoms with van der Waals surface area (Å²) in [4.78, 5) is 0. The molecule has 0 unspecified atom stereocenters. The van der Waals surface area contributed by atoms with Crippen LogP contribution in [0.2, 0.25) is 0 Å². The van der Waals surface area contributed by atoms with Crippen LogP contribution in [0.1, 0.15) is 40.5 Å². The Morgan fingerprint density at radius 1 is 0.600 bits per heavy atom. The lowest BCUT2D eigenvalue weighted by molar-refractivity contribution is 0.0138. The summed E-state index contributed by atoms with van der Waals surface area (Å²) >= 11 is 0. The quantitative estimate of drug-likeness (QED) is 0.263. The van der Waals surface area contributed by atoms with E-state index in [-0.39, 0.29) is 11.1 Å². The van der Waals surface area contributed by atoms with Gasteiger partial charge in [0.05, 0.1) is 26.4 Å². The lowest BCUT2D eigenvalue weighted by Gasteiger charge is -2.18. The third kappa shape index (κ3) is 23.7. The molecule has 0 radical (unpaired) electrons. The molecule has 0 heterocycles. The highest BCUT2D eigenvalue weighted by atomic mass is 16.5. The maximum Gasteiger partial charge on any atom is 0.0701 e. The molecule has 0 aliphatic heterocycles. The molecule has 0 aromatic heterocycles. The molecule has 0 atom stereocenters. The molecule has 7 heteroatoms. The molecule has 0 rings (SSSR count). The zero-order valence-corrected chi connectivity index (χ0v) is 16.9. The molecule has 0 amide bonds. The van der Waals surface area contributed by atoms with Crippen LogP contribution in [0.3, 0.4) is 0 Å². The van der Waals surface area contributed by atoms with E-state index in [0.717, 1.165) is 52.2 Å². The van der Waals surface area contributed by atoms with Crippen molar-refractivity contribution in [3.05, 3.63) is 0 Å². The fourth-order valence-electron chi connectivity index (χ4n) is 1.96. The normalized spacial score (nSPS) is 12.7. The monoisotopic (exact) mass is 362 g/mol. The predicted molar refractivity (Wildman–Crippen MR) is 104 cm³/mol. The largest absolute Gasteiger partial charge is 0.379 e. The maximum absolute atomic E-state index is 5.88. The zero-order chi connectivity index (χ0) is 19.0. The summed E-state index contributed by atoms with van der Waals surface area (Å²) in [5, 5.41) is 6.63. The Labute approximate surface area is 154 Å². The van der Waals surface area contributed by atoms with Crippen molar-refractivity contribution >= 4 is 0 Å². The van der Waals surface area contributed by atoms with Crippen LogP contribution in [0, 0.1) is 0 Å². The van der Waals surface area contributed by atoms with E-state index in [1.807, 2.05) is 27.7 Å². The average Bonchev–Trinajstić information content (AvgIpc) is 2.48. The van der Waals surface area contributed by atoms with Crippen LogP contribution in [0.5, 0.6) is 0 Å². The van der Waals surface area contributed by atoms with Gasteiger partial charge in [0, 0.05) is 37.4 Å². The molecule has 0 saturated carbocycles. The van der Waals surface area contributed by atoms with Crippen LogP contribution in [0.4, 0.5) is 0 Å². The van der Waals surface area contributed by atoms with Gasteiger partial charge in [0.2, 0.25) is 0 Å². The van der Waals surface area contributed by atoms with Gasteiger partial charge in [-0.3, -0.25) is 0 Å². The van der Waals surface area contributed by atoms with Crippen molar-refractivity contribution < 1.29 is 14.2 Å². The Hall–Kier alpha value is -0.280. The Balaban J connectivity index is 3.08. The summed E-state index contributed by atoms with van der Waals surface area (Å²) in [6.07, 6.45) is 1.96. The third-order valence-corrected chi connectivity index (χ3v) is 3.19. The van der Waals surface area contributed by atoms with Gasteiger partial charge in [-0.1, -0.05) is 0 Å². The van der Waals surface area contributed by atoms with E-state index >= 15 is 0 Å². The molecule has 152 valence electrons. The van der Waals surface area contributed by atoms with Gasteiger partial charge in [0.25, 0.3) is 0 Å². The Bertz CT molecular complexity index is 263. The molecule has 0 bridgehead atoms. The molecular weight excluding hydrogens is 320 g/mol. The first-order valence-corrected chi connectivity index (χ1v) is 9.43. The number of hydrogen-bond acceptors (Lipinski definition) is 7. The van der Waals surface area contributed by atoms with Gasteiger partial charge in [0.15, 0.2) is 0 Å². The third-order valence-electron chi connectivity index (χ3n) is 3.19. The lowest BCUT2D eigenvalue weighted by atomic mass is 10.1. The Kier molecular flexibility index (Phi) is 14.7. The zero-order valence-electron chi connectivity index (χ0n) is 16.9. The number of rotatable bonds is 18. The van der Waals surface area contributed by atoms with Gasteiger partial charge < -0.3 is 36.3 Å². The molecular formula is C18H42N4O3. The number of nitrogens with two attached hydrogens (primary N) is 2. The fourth-order valence-corrected chi connectivity index (χ4v) is 1.96. The van der Waals surface area contributed by atoms with Gasteiger partial charge in [-0.25, -0.2) is 0 Å². The highest BCUT2D eigenvalue weighted by molar-refractivity contribution is 4.74. The van der Waals surface area contributed by atoms with Gasteiger partial charge in [-0.2, -0.15) is 0 Å². The minimum Gasteiger partial charge on any atom is -0.379 e. The topological polar surface area (TPSA) is 104 Å². The molecule has 0 spiro atoms. The summed E-state index contributed by atoms with van der Waals surface area (Å²) in [6, 6.07) is 0. The van der Waals surface area contributed by atoms with Gasteiger partial charge in [-0.15, -0.1) is 0 Å². The van der Waals surface area contributed by atoms with Crippen LogP contribution in [0.25, 0.3) is 0 Å². The first-order valence-electron chi connectivity index (χ1n) is 9.43. The molecule has 25 heavy (non-hydrogen) atoms. The Morgan fingerprint density at radius 3 is 1.24 bits per heavy atom. The van der Waals surface area contributed by atoms with Gasteiger partial charge >= 0.3 is 0 Å². The van der Waals surface area contributed by atoms with E-state index in [1.54, 1.807) is 0 Å². The molecule has 0 fully saturated rings. The van der Waals surface area contributed by atoms with E-state index in [1.165, 1.54) is 0 Å². The van der Waals surface area contributed by atoms with Gasteiger partial charge in [-0.05, 0) is 53.6 Å². The summed E-state index contributed by atoms with van der Waals surface area (Å²) in [6.45, 7) is 15.5. The minimum atomic E-state index is -0.158. The molecule has 0 aliphatic carbocycles. The van der Waals surface area contributed by atoms with E-state index in [9.17, 15) is 0 Å². The first kappa shape index (κ1) is 24.7. The number of hydrogen-bond donors (Lipinski definition) is 4. The fraction of sp³-hybridized carbons (Fsp3) is 1.00. The Morgan fingerprint density at radius 2 is 0.920 bits per heavy atom. The van der Waals surface area contributed by atoms with Crippen molar-refractivity contribution in [2.24, 2.45) is 11.5 Å². The second-order valence-electron chi connectivity index (χ2n) is 7.87. The van der Waals surface area contributed by atoms with Crippen molar-refractivity contribution in [3.8, 4) is 0 Å². The minimum absolute atomic E-state index is 0.158. The average molecular weight is 363 g/mol. The summed E-state index contributed by atoms with van der Waals surface area (Å²) in [5.74, 6) is 0. The molecule has 0 aliphatic rings. The van der Waals surface area contributed by atoms with Crippen molar-refractivity contribution in [3.63, 3.8) is 0 Å². The second kappa shape index (κ2) is 14.8. The van der Waals surface area contributed by atoms with Crippen molar-refractivity contribution in [1.82, 2.24) is 10.6 Å². The molecule has 6 N–H and O–H groups in total. The summed E-state index contributed by atoms with van der Waals surface area (Å²) in [5.41, 5.74) is 11.5. The maximum atomic E-state index is 5.88.